The molecule has 78 valence electrons. The summed E-state index contributed by atoms with van der Waals surface area (Å²) in [6.45, 7) is 4.20. The summed E-state index contributed by atoms with van der Waals surface area (Å²) in [5.41, 5.74) is -0.166. The highest BCUT2D eigenvalue weighted by Crippen LogP contribution is 2.80. The Morgan fingerprint density at radius 2 is 1.93 bits per heavy atom. The molecule has 1 fully saturated rings. The van der Waals surface area contributed by atoms with Crippen LogP contribution >= 0.6 is 23.2 Å². The number of alkyl halides is 2. The van der Waals surface area contributed by atoms with Crippen molar-refractivity contribution in [1.82, 2.24) is 0 Å². The van der Waals surface area contributed by atoms with E-state index in [4.69, 9.17) is 27.9 Å². The van der Waals surface area contributed by atoms with Crippen molar-refractivity contribution in [3.63, 3.8) is 0 Å². The van der Waals surface area contributed by atoms with Crippen molar-refractivity contribution in [2.24, 2.45) is 10.8 Å². The highest BCUT2D eigenvalue weighted by atomic mass is 35.5. The smallest absolute Gasteiger partial charge is 0.134 e. The second-order valence-electron chi connectivity index (χ2n) is 4.52. The van der Waals surface area contributed by atoms with Crippen LogP contribution in [0.2, 0.25) is 0 Å². The molecule has 0 saturated heterocycles. The van der Waals surface area contributed by atoms with Crippen molar-refractivity contribution < 1.29 is 4.74 Å². The van der Waals surface area contributed by atoms with Gasteiger partial charge in [-0.05, 0) is 18.6 Å². The van der Waals surface area contributed by atoms with Crippen LogP contribution in [0.3, 0.4) is 0 Å². The van der Waals surface area contributed by atoms with Gasteiger partial charge < -0.3 is 4.74 Å². The predicted molar refractivity (Wildman–Crippen MR) is 59.5 cm³/mol. The summed E-state index contributed by atoms with van der Waals surface area (Å²) in [6.07, 6.45) is 6.95. The third-order valence-corrected chi connectivity index (χ3v) is 5.41. The van der Waals surface area contributed by atoms with Gasteiger partial charge in [0.15, 0.2) is 0 Å². The van der Waals surface area contributed by atoms with E-state index in [0.29, 0.717) is 0 Å². The average Bonchev–Trinajstić information content (AvgIpc) is 2.47. The molecule has 1 saturated carbocycles. The molecular weight excluding hydrogens is 219 g/mol. The zero-order valence-corrected chi connectivity index (χ0v) is 10.1. The van der Waals surface area contributed by atoms with Crippen molar-refractivity contribution in [2.45, 2.75) is 24.6 Å². The fraction of sp³-hybridized carbons (Fsp3) is 0.636. The lowest BCUT2D eigenvalue weighted by molar-refractivity contribution is 0.298. The minimum atomic E-state index is -0.647. The van der Waals surface area contributed by atoms with Gasteiger partial charge in [-0.1, -0.05) is 19.9 Å². The van der Waals surface area contributed by atoms with Gasteiger partial charge in [0.25, 0.3) is 0 Å². The first-order chi connectivity index (χ1) is 6.39. The van der Waals surface area contributed by atoms with Crippen LogP contribution < -0.4 is 0 Å². The molecule has 2 aliphatic rings. The van der Waals surface area contributed by atoms with Crippen molar-refractivity contribution in [1.29, 1.82) is 0 Å². The molecule has 0 bridgehead atoms. The molecule has 1 spiro atoms. The molecule has 3 heteroatoms. The summed E-state index contributed by atoms with van der Waals surface area (Å²) < 4.78 is 4.49. The van der Waals surface area contributed by atoms with Crippen molar-refractivity contribution in [2.75, 3.05) is 7.11 Å². The number of halogens is 2. The van der Waals surface area contributed by atoms with E-state index in [-0.39, 0.29) is 10.8 Å². The van der Waals surface area contributed by atoms with E-state index in [9.17, 15) is 0 Å². The summed E-state index contributed by atoms with van der Waals surface area (Å²) >= 11 is 12.6. The highest BCUT2D eigenvalue weighted by Gasteiger charge is 2.80. The first-order valence-electron chi connectivity index (χ1n) is 4.70. The van der Waals surface area contributed by atoms with Crippen LogP contribution in [0.5, 0.6) is 0 Å². The number of methoxy groups -OCH3 is 1. The number of ether oxygens (including phenoxy) is 1. The Labute approximate surface area is 94.7 Å². The lowest BCUT2D eigenvalue weighted by Crippen LogP contribution is -2.10. The van der Waals surface area contributed by atoms with E-state index in [1.165, 1.54) is 0 Å². The van der Waals surface area contributed by atoms with Gasteiger partial charge in [0, 0.05) is 10.8 Å². The third kappa shape index (κ3) is 0.926. The van der Waals surface area contributed by atoms with Gasteiger partial charge in [0.1, 0.15) is 10.1 Å². The molecule has 0 radical (unpaired) electrons. The minimum Gasteiger partial charge on any atom is -0.497 e. The monoisotopic (exact) mass is 232 g/mol. The normalized spacial score (nSPS) is 36.8. The summed E-state index contributed by atoms with van der Waals surface area (Å²) in [5.74, 6) is 0.891. The Bertz CT molecular complexity index is 312. The first-order valence-corrected chi connectivity index (χ1v) is 5.46. The molecule has 2 rings (SSSR count). The van der Waals surface area contributed by atoms with Gasteiger partial charge in [0.05, 0.1) is 7.11 Å². The van der Waals surface area contributed by atoms with Crippen molar-refractivity contribution in [3.8, 4) is 0 Å². The van der Waals surface area contributed by atoms with E-state index in [0.717, 1.165) is 12.2 Å². The number of rotatable bonds is 1. The van der Waals surface area contributed by atoms with Crippen LogP contribution in [-0.4, -0.2) is 11.4 Å². The second-order valence-corrected chi connectivity index (χ2v) is 5.85. The lowest BCUT2D eigenvalue weighted by Gasteiger charge is -2.17. The Morgan fingerprint density at radius 1 is 1.36 bits per heavy atom. The maximum Gasteiger partial charge on any atom is 0.134 e. The minimum absolute atomic E-state index is 0.0601. The molecule has 0 unspecified atom stereocenters. The average molecular weight is 233 g/mol. The Hall–Kier alpha value is -0.140. The van der Waals surface area contributed by atoms with Gasteiger partial charge in [-0.3, -0.25) is 0 Å². The van der Waals surface area contributed by atoms with Crippen LogP contribution in [0.15, 0.2) is 24.0 Å². The summed E-state index contributed by atoms with van der Waals surface area (Å²) in [7, 11) is 1.67. The van der Waals surface area contributed by atoms with Crippen LogP contribution in [-0.2, 0) is 4.74 Å². The molecule has 2 aliphatic carbocycles. The Kier molecular flexibility index (Phi) is 2.01. The molecule has 1 nitrogen and oxygen atoms in total. The van der Waals surface area contributed by atoms with Crippen LogP contribution in [0.1, 0.15) is 20.3 Å². The molecule has 0 aromatic carbocycles. The topological polar surface area (TPSA) is 9.23 Å². The molecule has 0 aromatic heterocycles. The first kappa shape index (κ1) is 10.4. The van der Waals surface area contributed by atoms with E-state index < -0.39 is 4.33 Å². The van der Waals surface area contributed by atoms with Crippen molar-refractivity contribution in [3.05, 3.63) is 24.0 Å². The standard InChI is InChI=1S/C11H14Cl2O/c1-9(2)10(11(9,12)13)6-4-8(14-3)5-7-10/h4-6H,7H2,1-3H3/t10-/m0/s1. The molecule has 0 N–H and O–H groups in total. The van der Waals surface area contributed by atoms with Crippen LogP contribution in [0.25, 0.3) is 0 Å². The summed E-state index contributed by atoms with van der Waals surface area (Å²) in [4.78, 5) is 0. The zero-order chi connectivity index (χ0) is 10.6. The van der Waals surface area contributed by atoms with Crippen molar-refractivity contribution >= 4 is 23.2 Å². The SMILES string of the molecule is COC1=CC[C@@]2(C=C1)C(C)(C)C2(Cl)Cl. The third-order valence-electron chi connectivity index (χ3n) is 3.79. The maximum absolute atomic E-state index is 6.30. The van der Waals surface area contributed by atoms with Crippen LogP contribution in [0.4, 0.5) is 0 Å². The quantitative estimate of drug-likeness (QED) is 0.628. The van der Waals surface area contributed by atoms with Gasteiger partial charge in [-0.25, -0.2) is 0 Å². The highest BCUT2D eigenvalue weighted by molar-refractivity contribution is 6.52. The second kappa shape index (κ2) is 2.70. The van der Waals surface area contributed by atoms with E-state index >= 15 is 0 Å². The van der Waals surface area contributed by atoms with E-state index in [1.54, 1.807) is 7.11 Å². The van der Waals surface area contributed by atoms with Gasteiger partial charge in [-0.2, -0.15) is 0 Å². The Morgan fingerprint density at radius 3 is 2.21 bits per heavy atom. The number of hydrogen-bond donors (Lipinski definition) is 0. The molecule has 14 heavy (non-hydrogen) atoms. The lowest BCUT2D eigenvalue weighted by atomic mass is 9.89. The maximum atomic E-state index is 6.30. The molecule has 0 heterocycles. The number of allylic oxidation sites excluding steroid dienone is 3. The Balaban J connectivity index is 2.27. The zero-order valence-electron chi connectivity index (χ0n) is 8.60. The van der Waals surface area contributed by atoms with Gasteiger partial charge in [-0.15, -0.1) is 23.2 Å². The number of hydrogen-bond acceptors (Lipinski definition) is 1. The molecule has 0 amide bonds. The van der Waals surface area contributed by atoms with E-state index in [2.05, 4.69) is 19.9 Å². The summed E-state index contributed by atoms with van der Waals surface area (Å²) in [6, 6.07) is 0. The molecule has 0 aliphatic heterocycles. The fourth-order valence-corrected chi connectivity index (χ4v) is 3.35. The van der Waals surface area contributed by atoms with Gasteiger partial charge in [0.2, 0.25) is 0 Å². The fourth-order valence-electron chi connectivity index (χ4n) is 2.35. The molecule has 1 atom stereocenters. The predicted octanol–water partition coefficient (Wildman–Crippen LogP) is 3.68. The van der Waals surface area contributed by atoms with E-state index in [1.807, 2.05) is 12.2 Å². The largest absolute Gasteiger partial charge is 0.497 e. The molecular formula is C11H14Cl2O. The van der Waals surface area contributed by atoms with Gasteiger partial charge >= 0.3 is 0 Å². The molecule has 0 aromatic rings. The summed E-state index contributed by atoms with van der Waals surface area (Å²) in [5, 5.41) is 0. The van der Waals surface area contributed by atoms with Crippen LogP contribution in [0, 0.1) is 10.8 Å².